The minimum absolute atomic E-state index is 0.165. The van der Waals surface area contributed by atoms with Crippen molar-refractivity contribution in [1.29, 1.82) is 0 Å². The highest BCUT2D eigenvalue weighted by Crippen LogP contribution is 2.15. The van der Waals surface area contributed by atoms with Gasteiger partial charge in [-0.2, -0.15) is 5.10 Å². The van der Waals surface area contributed by atoms with Gasteiger partial charge in [-0.3, -0.25) is 5.10 Å². The Morgan fingerprint density at radius 2 is 2.20 bits per heavy atom. The molecule has 0 bridgehead atoms. The molecule has 2 aromatic rings. The van der Waals surface area contributed by atoms with Crippen molar-refractivity contribution < 1.29 is 13.2 Å². The van der Waals surface area contributed by atoms with Gasteiger partial charge in [-0.1, -0.05) is 12.1 Å². The second-order valence-corrected chi connectivity index (χ2v) is 6.00. The van der Waals surface area contributed by atoms with Crippen LogP contribution < -0.4 is 9.46 Å². The van der Waals surface area contributed by atoms with E-state index in [4.69, 9.17) is 4.74 Å². The van der Waals surface area contributed by atoms with E-state index >= 15 is 0 Å². The molecule has 2 rings (SSSR count). The van der Waals surface area contributed by atoms with Gasteiger partial charge in [0.15, 0.2) is 0 Å². The zero-order chi connectivity index (χ0) is 14.6. The van der Waals surface area contributed by atoms with Crippen LogP contribution in [-0.2, 0) is 16.6 Å². The summed E-state index contributed by atoms with van der Waals surface area (Å²) in [7, 11) is -3.56. The van der Waals surface area contributed by atoms with Crippen LogP contribution in [0.25, 0.3) is 0 Å². The number of aromatic amines is 1. The first-order valence-corrected chi connectivity index (χ1v) is 7.72. The van der Waals surface area contributed by atoms with E-state index in [0.29, 0.717) is 12.3 Å². The van der Waals surface area contributed by atoms with Gasteiger partial charge in [0.1, 0.15) is 10.6 Å². The molecule has 1 heterocycles. The molecule has 0 saturated heterocycles. The van der Waals surface area contributed by atoms with Crippen LogP contribution in [0.3, 0.4) is 0 Å². The molecule has 108 valence electrons. The number of aromatic nitrogens is 2. The van der Waals surface area contributed by atoms with Crippen molar-refractivity contribution in [2.75, 3.05) is 6.61 Å². The molecule has 6 nitrogen and oxygen atoms in total. The van der Waals surface area contributed by atoms with Crippen LogP contribution >= 0.6 is 0 Å². The predicted octanol–water partition coefficient (Wildman–Crippen LogP) is 1.60. The molecule has 7 heteroatoms. The average Bonchev–Trinajstić information content (AvgIpc) is 2.85. The van der Waals surface area contributed by atoms with Gasteiger partial charge in [-0.15, -0.1) is 0 Å². The maximum Gasteiger partial charge on any atom is 0.244 e. The lowest BCUT2D eigenvalue weighted by atomic mass is 10.2. The number of hydrogen-bond donors (Lipinski definition) is 2. The zero-order valence-corrected chi connectivity index (χ0v) is 12.2. The topological polar surface area (TPSA) is 84.1 Å². The largest absolute Gasteiger partial charge is 0.494 e. The minimum atomic E-state index is -3.56. The Morgan fingerprint density at radius 3 is 2.85 bits per heavy atom. The monoisotopic (exact) mass is 295 g/mol. The highest BCUT2D eigenvalue weighted by Gasteiger charge is 2.18. The molecule has 2 N–H and O–H groups in total. The van der Waals surface area contributed by atoms with E-state index in [1.165, 1.54) is 6.20 Å². The summed E-state index contributed by atoms with van der Waals surface area (Å²) >= 11 is 0. The van der Waals surface area contributed by atoms with Gasteiger partial charge in [0.05, 0.1) is 18.5 Å². The van der Waals surface area contributed by atoms with Crippen molar-refractivity contribution in [1.82, 2.24) is 14.9 Å². The Hall–Kier alpha value is -1.86. The van der Waals surface area contributed by atoms with E-state index in [-0.39, 0.29) is 11.4 Å². The second kappa shape index (κ2) is 6.06. The lowest BCUT2D eigenvalue weighted by Gasteiger charge is -2.08. The molecule has 0 spiro atoms. The number of nitrogens with one attached hydrogen (secondary N) is 2. The molecule has 0 aliphatic rings. The first-order chi connectivity index (χ1) is 9.53. The smallest absolute Gasteiger partial charge is 0.244 e. The lowest BCUT2D eigenvalue weighted by molar-refractivity contribution is 0.340. The Morgan fingerprint density at radius 1 is 1.40 bits per heavy atom. The van der Waals surface area contributed by atoms with Crippen LogP contribution in [-0.4, -0.2) is 25.2 Å². The number of sulfonamides is 1. The third kappa shape index (κ3) is 3.37. The van der Waals surface area contributed by atoms with E-state index in [2.05, 4.69) is 14.9 Å². The normalized spacial score (nSPS) is 11.5. The summed E-state index contributed by atoms with van der Waals surface area (Å²) in [4.78, 5) is 0.165. The Balaban J connectivity index is 2.09. The second-order valence-electron chi connectivity index (χ2n) is 4.26. The van der Waals surface area contributed by atoms with Crippen molar-refractivity contribution in [3.8, 4) is 5.75 Å². The maximum atomic E-state index is 12.1. The van der Waals surface area contributed by atoms with Gasteiger partial charge in [-0.25, -0.2) is 13.1 Å². The third-order valence-electron chi connectivity index (χ3n) is 2.75. The molecule has 1 aromatic heterocycles. The van der Waals surface area contributed by atoms with Gasteiger partial charge in [0, 0.05) is 6.54 Å². The highest BCUT2D eigenvalue weighted by atomic mass is 32.2. The average molecular weight is 295 g/mol. The maximum absolute atomic E-state index is 12.1. The number of H-pyrrole nitrogens is 1. The van der Waals surface area contributed by atoms with Gasteiger partial charge < -0.3 is 4.74 Å². The fraction of sp³-hybridized carbons (Fsp3) is 0.308. The summed E-state index contributed by atoms with van der Waals surface area (Å²) in [6.07, 6.45) is 1.30. The number of rotatable bonds is 6. The van der Waals surface area contributed by atoms with Crippen LogP contribution in [0, 0.1) is 6.92 Å². The summed E-state index contributed by atoms with van der Waals surface area (Å²) in [5, 5.41) is 6.33. The number of benzene rings is 1. The van der Waals surface area contributed by atoms with Crippen molar-refractivity contribution in [3.63, 3.8) is 0 Å². The fourth-order valence-electron chi connectivity index (χ4n) is 1.78. The molecular formula is C13H17N3O3S. The SMILES string of the molecule is CCOc1cccc(CNS(=O)(=O)c2cn[nH]c2C)c1. The first-order valence-electron chi connectivity index (χ1n) is 6.24. The van der Waals surface area contributed by atoms with Crippen molar-refractivity contribution in [2.45, 2.75) is 25.3 Å². The molecule has 0 aliphatic carbocycles. The fourth-order valence-corrected chi connectivity index (χ4v) is 2.93. The van der Waals surface area contributed by atoms with E-state index in [9.17, 15) is 8.42 Å². The predicted molar refractivity (Wildman–Crippen MR) is 75.0 cm³/mol. The number of hydrogen-bond acceptors (Lipinski definition) is 4. The van der Waals surface area contributed by atoms with Gasteiger partial charge in [0.2, 0.25) is 10.0 Å². The standard InChI is InChI=1S/C13H17N3O3S/c1-3-19-12-6-4-5-11(7-12)8-15-20(17,18)13-9-14-16-10(13)2/h4-7,9,15H,3,8H2,1-2H3,(H,14,16). The quantitative estimate of drug-likeness (QED) is 0.847. The molecule has 0 unspecified atom stereocenters. The van der Waals surface area contributed by atoms with Crippen LogP contribution in [0.15, 0.2) is 35.4 Å². The van der Waals surface area contributed by atoms with E-state index in [0.717, 1.165) is 11.3 Å². The van der Waals surface area contributed by atoms with Crippen molar-refractivity contribution in [2.24, 2.45) is 0 Å². The molecule has 20 heavy (non-hydrogen) atoms. The van der Waals surface area contributed by atoms with E-state index in [1.54, 1.807) is 6.92 Å². The summed E-state index contributed by atoms with van der Waals surface area (Å²) in [6, 6.07) is 7.32. The zero-order valence-electron chi connectivity index (χ0n) is 11.4. The van der Waals surface area contributed by atoms with Gasteiger partial charge in [-0.05, 0) is 31.5 Å². The summed E-state index contributed by atoms with van der Waals surface area (Å²) in [5.41, 5.74) is 1.35. The van der Waals surface area contributed by atoms with Crippen LogP contribution in [0.1, 0.15) is 18.2 Å². The number of aryl methyl sites for hydroxylation is 1. The molecule has 0 atom stereocenters. The van der Waals surface area contributed by atoms with Crippen molar-refractivity contribution in [3.05, 3.63) is 41.7 Å². The van der Waals surface area contributed by atoms with Crippen LogP contribution in [0.4, 0.5) is 0 Å². The van der Waals surface area contributed by atoms with Gasteiger partial charge in [0.25, 0.3) is 0 Å². The molecule has 1 aromatic carbocycles. The third-order valence-corrected chi connectivity index (χ3v) is 4.26. The number of ether oxygens (including phenoxy) is 1. The highest BCUT2D eigenvalue weighted by molar-refractivity contribution is 7.89. The molecular weight excluding hydrogens is 278 g/mol. The summed E-state index contributed by atoms with van der Waals surface area (Å²) in [5.74, 6) is 0.726. The van der Waals surface area contributed by atoms with Crippen LogP contribution in [0.2, 0.25) is 0 Å². The molecule has 0 fully saturated rings. The van der Waals surface area contributed by atoms with E-state index < -0.39 is 10.0 Å². The molecule has 0 radical (unpaired) electrons. The minimum Gasteiger partial charge on any atom is -0.494 e. The Labute approximate surface area is 118 Å². The Bertz CT molecular complexity index is 680. The molecule has 0 aliphatic heterocycles. The molecule has 0 amide bonds. The Kier molecular flexibility index (Phi) is 4.41. The van der Waals surface area contributed by atoms with Crippen molar-refractivity contribution >= 4 is 10.0 Å². The van der Waals surface area contributed by atoms with Gasteiger partial charge >= 0.3 is 0 Å². The molecule has 0 saturated carbocycles. The first kappa shape index (κ1) is 14.5. The lowest BCUT2D eigenvalue weighted by Crippen LogP contribution is -2.23. The number of nitrogens with zero attached hydrogens (tertiary/aromatic N) is 1. The van der Waals surface area contributed by atoms with E-state index in [1.807, 2.05) is 31.2 Å². The van der Waals surface area contributed by atoms with Crippen LogP contribution in [0.5, 0.6) is 5.75 Å². The summed E-state index contributed by atoms with van der Waals surface area (Å²) in [6.45, 7) is 4.34. The summed E-state index contributed by atoms with van der Waals surface area (Å²) < 4.78 is 32.1.